The van der Waals surface area contributed by atoms with Gasteiger partial charge in [-0.1, -0.05) is 23.4 Å². The molecule has 0 saturated heterocycles. The summed E-state index contributed by atoms with van der Waals surface area (Å²) in [5, 5.41) is 9.42. The number of aromatic nitrogens is 3. The lowest BCUT2D eigenvalue weighted by atomic mass is 10.1. The molecule has 0 radical (unpaired) electrons. The average Bonchev–Trinajstić information content (AvgIpc) is 2.93. The topological polar surface area (TPSA) is 86.7 Å². The molecule has 1 aliphatic heterocycles. The molecule has 32 heavy (non-hydrogen) atoms. The van der Waals surface area contributed by atoms with Crippen LogP contribution in [0.2, 0.25) is 5.02 Å². The van der Waals surface area contributed by atoms with Gasteiger partial charge < -0.3 is 14.2 Å². The van der Waals surface area contributed by atoms with E-state index in [-0.39, 0.29) is 11.8 Å². The monoisotopic (exact) mass is 472 g/mol. The minimum absolute atomic E-state index is 0.225. The second kappa shape index (κ2) is 9.22. The summed E-state index contributed by atoms with van der Waals surface area (Å²) in [6.45, 7) is 3.87. The van der Waals surface area contributed by atoms with Crippen LogP contribution in [-0.4, -0.2) is 41.1 Å². The predicted molar refractivity (Wildman–Crippen MR) is 123 cm³/mol. The summed E-state index contributed by atoms with van der Waals surface area (Å²) in [4.78, 5) is 18.9. The standard InChI is InChI=1S/C22H21ClN4O4S/c1-5-30-17-9-6-13(10-18(17)29-3)21-27(12(2)28)16-8-7-14(23)11-15(16)19-20(31-21)24-22(32-4)26-25-19/h6-11,21H,5H2,1-4H3. The lowest BCUT2D eigenvalue weighted by Gasteiger charge is -2.30. The number of amides is 1. The Morgan fingerprint density at radius 1 is 1.22 bits per heavy atom. The van der Waals surface area contributed by atoms with Gasteiger partial charge in [-0.3, -0.25) is 9.69 Å². The van der Waals surface area contributed by atoms with Gasteiger partial charge in [0, 0.05) is 23.1 Å². The molecular weight excluding hydrogens is 452 g/mol. The van der Waals surface area contributed by atoms with Crippen LogP contribution in [0.3, 0.4) is 0 Å². The number of benzene rings is 2. The summed E-state index contributed by atoms with van der Waals surface area (Å²) in [5.74, 6) is 1.16. The molecule has 166 valence electrons. The minimum Gasteiger partial charge on any atom is -0.493 e. The van der Waals surface area contributed by atoms with Crippen LogP contribution in [0.25, 0.3) is 11.3 Å². The van der Waals surface area contributed by atoms with Gasteiger partial charge in [0.2, 0.25) is 23.2 Å². The first-order valence-corrected chi connectivity index (χ1v) is 11.4. The Morgan fingerprint density at radius 2 is 2.03 bits per heavy atom. The van der Waals surface area contributed by atoms with E-state index >= 15 is 0 Å². The summed E-state index contributed by atoms with van der Waals surface area (Å²) in [6.07, 6.45) is 1.02. The highest BCUT2D eigenvalue weighted by Gasteiger charge is 2.35. The fourth-order valence-electron chi connectivity index (χ4n) is 3.49. The molecule has 1 aliphatic rings. The third-order valence-electron chi connectivity index (χ3n) is 4.86. The maximum absolute atomic E-state index is 12.9. The maximum Gasteiger partial charge on any atom is 0.247 e. The second-order valence-electron chi connectivity index (χ2n) is 6.82. The highest BCUT2D eigenvalue weighted by atomic mass is 35.5. The van der Waals surface area contributed by atoms with Gasteiger partial charge in [-0.15, -0.1) is 10.2 Å². The first kappa shape index (κ1) is 22.2. The van der Waals surface area contributed by atoms with Crippen molar-refractivity contribution in [3.05, 3.63) is 47.0 Å². The van der Waals surface area contributed by atoms with Crippen LogP contribution in [0.15, 0.2) is 41.6 Å². The fraction of sp³-hybridized carbons (Fsp3) is 0.273. The summed E-state index contributed by atoms with van der Waals surface area (Å²) >= 11 is 7.62. The highest BCUT2D eigenvalue weighted by Crippen LogP contribution is 2.45. The molecule has 1 unspecified atom stereocenters. The van der Waals surface area contributed by atoms with Crippen molar-refractivity contribution in [2.24, 2.45) is 0 Å². The van der Waals surface area contributed by atoms with E-state index in [1.807, 2.05) is 19.2 Å². The number of rotatable bonds is 5. The molecule has 0 saturated carbocycles. The Labute approximate surface area is 194 Å². The quantitative estimate of drug-likeness (QED) is 0.491. The van der Waals surface area contributed by atoms with Crippen LogP contribution in [0.5, 0.6) is 17.4 Å². The van der Waals surface area contributed by atoms with E-state index in [4.69, 9.17) is 25.8 Å². The van der Waals surface area contributed by atoms with Crippen LogP contribution in [-0.2, 0) is 4.79 Å². The second-order valence-corrected chi connectivity index (χ2v) is 8.03. The first-order valence-electron chi connectivity index (χ1n) is 9.82. The molecule has 3 aromatic rings. The molecular formula is C22H21ClN4O4S. The van der Waals surface area contributed by atoms with Gasteiger partial charge in [0.15, 0.2) is 17.2 Å². The Hall–Kier alpha value is -3.04. The number of thioether (sulfide) groups is 1. The highest BCUT2D eigenvalue weighted by molar-refractivity contribution is 7.98. The zero-order valence-corrected chi connectivity index (χ0v) is 19.5. The van der Waals surface area contributed by atoms with Crippen molar-refractivity contribution in [1.29, 1.82) is 0 Å². The Bertz CT molecular complexity index is 1180. The van der Waals surface area contributed by atoms with Crippen molar-refractivity contribution in [3.63, 3.8) is 0 Å². The van der Waals surface area contributed by atoms with Gasteiger partial charge in [-0.2, -0.15) is 4.98 Å². The van der Waals surface area contributed by atoms with Crippen molar-refractivity contribution in [1.82, 2.24) is 15.2 Å². The zero-order valence-electron chi connectivity index (χ0n) is 18.0. The molecule has 0 fully saturated rings. The van der Waals surface area contributed by atoms with E-state index < -0.39 is 6.23 Å². The number of carbonyl (C=O) groups excluding carboxylic acids is 1. The smallest absolute Gasteiger partial charge is 0.247 e. The largest absolute Gasteiger partial charge is 0.493 e. The number of hydrogen-bond acceptors (Lipinski definition) is 8. The van der Waals surface area contributed by atoms with Crippen molar-refractivity contribution in [3.8, 4) is 28.6 Å². The minimum atomic E-state index is -0.829. The lowest BCUT2D eigenvalue weighted by molar-refractivity contribution is -0.118. The van der Waals surface area contributed by atoms with Gasteiger partial charge in [0.1, 0.15) is 0 Å². The number of carbonyl (C=O) groups is 1. The van der Waals surface area contributed by atoms with Crippen molar-refractivity contribution >= 4 is 35.0 Å². The summed E-state index contributed by atoms with van der Waals surface area (Å²) in [6, 6.07) is 10.6. The molecule has 8 nitrogen and oxygen atoms in total. The third-order valence-corrected chi connectivity index (χ3v) is 5.63. The zero-order chi connectivity index (χ0) is 22.8. The van der Waals surface area contributed by atoms with Crippen molar-refractivity contribution in [2.75, 3.05) is 24.9 Å². The van der Waals surface area contributed by atoms with E-state index in [1.54, 1.807) is 42.3 Å². The molecule has 4 rings (SSSR count). The van der Waals surface area contributed by atoms with Gasteiger partial charge in [-0.25, -0.2) is 0 Å². The van der Waals surface area contributed by atoms with Gasteiger partial charge in [0.05, 0.1) is 19.4 Å². The number of methoxy groups -OCH3 is 1. The molecule has 0 aliphatic carbocycles. The maximum atomic E-state index is 12.9. The molecule has 2 aromatic carbocycles. The van der Waals surface area contributed by atoms with Gasteiger partial charge >= 0.3 is 0 Å². The third kappa shape index (κ3) is 4.05. The Morgan fingerprint density at radius 3 is 2.72 bits per heavy atom. The predicted octanol–water partition coefficient (Wildman–Crippen LogP) is 4.77. The number of nitrogens with zero attached hydrogens (tertiary/aromatic N) is 4. The van der Waals surface area contributed by atoms with E-state index in [0.29, 0.717) is 50.8 Å². The number of hydrogen-bond donors (Lipinski definition) is 0. The van der Waals surface area contributed by atoms with Gasteiger partial charge in [-0.05, 0) is 49.6 Å². The molecule has 0 spiro atoms. The molecule has 1 aromatic heterocycles. The Kier molecular flexibility index (Phi) is 6.38. The normalized spacial score (nSPS) is 14.7. The molecule has 2 heterocycles. The van der Waals surface area contributed by atoms with E-state index in [1.165, 1.54) is 18.7 Å². The molecule has 0 bridgehead atoms. The van der Waals surface area contributed by atoms with Crippen LogP contribution in [0, 0.1) is 0 Å². The lowest BCUT2D eigenvalue weighted by Crippen LogP contribution is -2.36. The molecule has 1 amide bonds. The van der Waals surface area contributed by atoms with E-state index in [2.05, 4.69) is 15.2 Å². The van der Waals surface area contributed by atoms with E-state index in [9.17, 15) is 4.79 Å². The Balaban J connectivity index is 1.94. The van der Waals surface area contributed by atoms with Gasteiger partial charge in [0.25, 0.3) is 0 Å². The first-order chi connectivity index (χ1) is 15.5. The summed E-state index contributed by atoms with van der Waals surface area (Å²) in [5.41, 5.74) is 2.28. The number of halogens is 1. The van der Waals surface area contributed by atoms with E-state index in [0.717, 1.165) is 0 Å². The fourth-order valence-corrected chi connectivity index (χ4v) is 3.96. The van der Waals surface area contributed by atoms with Crippen molar-refractivity contribution in [2.45, 2.75) is 25.2 Å². The molecule has 0 N–H and O–H groups in total. The number of fused-ring (bicyclic) bond motifs is 3. The van der Waals surface area contributed by atoms with Crippen LogP contribution in [0.4, 0.5) is 5.69 Å². The van der Waals surface area contributed by atoms with Crippen molar-refractivity contribution < 1.29 is 19.0 Å². The molecule has 1 atom stereocenters. The SMILES string of the molecule is CCOc1ccc(C2Oc3nc(SC)nnc3-c3cc(Cl)ccc3N2C(C)=O)cc1OC. The van der Waals surface area contributed by atoms with Crippen LogP contribution in [0.1, 0.15) is 25.6 Å². The average molecular weight is 473 g/mol. The summed E-state index contributed by atoms with van der Waals surface area (Å²) < 4.78 is 17.5. The number of ether oxygens (including phenoxy) is 3. The van der Waals surface area contributed by atoms with Crippen LogP contribution < -0.4 is 19.1 Å². The molecule has 10 heteroatoms. The summed E-state index contributed by atoms with van der Waals surface area (Å²) in [7, 11) is 1.56. The van der Waals surface area contributed by atoms with Crippen LogP contribution >= 0.6 is 23.4 Å². The number of anilines is 1.